The first-order valence-corrected chi connectivity index (χ1v) is 29.5. The number of hydrogen-bond donors (Lipinski definition) is 2. The standard InChI is InChI=1S/C66H84N10O6/c1-71(43-23-9-11-25-45-73(47-51-29-13-19-37-59(51)81-3)61(77)49-75-57-35-17-15-31-53(57)65(79)69-55-33-27-39-67-63(55)75)41-21-7-5-6-8-22-42-72(2)44-24-10-12-26-46-74(48-52-30-14-20-38-60(52)82-4)62(78)50-76-58-36-18-16-32-54(58)66(80)70-56-34-28-40-68-64(56)76/h13-20,27-40H,5-12,21-26,41-50H2,1-4H3,(H,69,79)(H,70,80). The molecule has 4 heterocycles. The number of nitrogens with one attached hydrogen (secondary N) is 2. The molecule has 0 radical (unpaired) electrons. The zero-order valence-electron chi connectivity index (χ0n) is 48.7. The summed E-state index contributed by atoms with van der Waals surface area (Å²) in [5, 5.41) is 5.95. The third-order valence-corrected chi connectivity index (χ3v) is 15.6. The predicted molar refractivity (Wildman–Crippen MR) is 328 cm³/mol. The minimum atomic E-state index is -0.225. The van der Waals surface area contributed by atoms with Crippen LogP contribution in [-0.2, 0) is 22.7 Å². The molecule has 2 N–H and O–H groups in total. The Kier molecular flexibility index (Phi) is 23.1. The summed E-state index contributed by atoms with van der Waals surface area (Å²) in [7, 11) is 7.79. The molecule has 0 spiro atoms. The van der Waals surface area contributed by atoms with Crippen molar-refractivity contribution in [2.45, 2.75) is 103 Å². The van der Waals surface area contributed by atoms with Crippen LogP contribution in [-0.4, -0.2) is 134 Å². The summed E-state index contributed by atoms with van der Waals surface area (Å²) in [5.74, 6) is 2.05. The highest BCUT2D eigenvalue weighted by atomic mass is 16.5. The number of rotatable bonds is 33. The number of nitrogens with zero attached hydrogens (tertiary/aromatic N) is 8. The lowest BCUT2D eigenvalue weighted by molar-refractivity contribution is -0.131. The van der Waals surface area contributed by atoms with Crippen LogP contribution in [0.1, 0.15) is 122 Å². The number of carbonyl (C=O) groups is 4. The molecule has 16 nitrogen and oxygen atoms in total. The van der Waals surface area contributed by atoms with E-state index in [0.717, 1.165) is 100 Å². The van der Waals surface area contributed by atoms with Gasteiger partial charge in [-0.3, -0.25) is 19.2 Å². The van der Waals surface area contributed by atoms with Gasteiger partial charge in [0.2, 0.25) is 11.8 Å². The molecule has 434 valence electrons. The zero-order valence-corrected chi connectivity index (χ0v) is 48.7. The van der Waals surface area contributed by atoms with Crippen molar-refractivity contribution in [2.75, 3.05) is 101 Å². The monoisotopic (exact) mass is 1110 g/mol. The van der Waals surface area contributed by atoms with E-state index >= 15 is 0 Å². The summed E-state index contributed by atoms with van der Waals surface area (Å²) in [4.78, 5) is 76.9. The smallest absolute Gasteiger partial charge is 0.257 e. The first kappa shape index (κ1) is 60.3. The quantitative estimate of drug-likeness (QED) is 0.0377. The highest BCUT2D eigenvalue weighted by Gasteiger charge is 2.31. The van der Waals surface area contributed by atoms with Crippen LogP contribution >= 0.6 is 0 Å². The average Bonchev–Trinajstić information content (AvgIpc) is 3.77. The van der Waals surface area contributed by atoms with Gasteiger partial charge in [0.15, 0.2) is 11.6 Å². The van der Waals surface area contributed by atoms with Crippen LogP contribution in [0.5, 0.6) is 11.5 Å². The van der Waals surface area contributed by atoms with E-state index in [-0.39, 0.29) is 36.7 Å². The Morgan fingerprint density at radius 1 is 0.439 bits per heavy atom. The van der Waals surface area contributed by atoms with Gasteiger partial charge in [-0.25, -0.2) is 9.97 Å². The maximum Gasteiger partial charge on any atom is 0.257 e. The molecule has 16 heteroatoms. The molecule has 6 aromatic rings. The molecule has 0 saturated carbocycles. The number of amides is 4. The summed E-state index contributed by atoms with van der Waals surface area (Å²) >= 11 is 0. The Hall–Kier alpha value is -7.82. The number of unbranched alkanes of at least 4 members (excludes halogenated alkanes) is 11. The molecule has 0 saturated heterocycles. The van der Waals surface area contributed by atoms with E-state index in [9.17, 15) is 19.2 Å². The number of hydrogen-bond acceptors (Lipinski definition) is 12. The first-order chi connectivity index (χ1) is 40.1. The van der Waals surface area contributed by atoms with Crippen LogP contribution < -0.4 is 29.9 Å². The van der Waals surface area contributed by atoms with Gasteiger partial charge in [0.25, 0.3) is 11.8 Å². The van der Waals surface area contributed by atoms with Crippen molar-refractivity contribution < 1.29 is 28.7 Å². The number of methoxy groups -OCH3 is 2. The minimum absolute atomic E-state index is 0.0370. The van der Waals surface area contributed by atoms with Crippen molar-refractivity contribution in [2.24, 2.45) is 0 Å². The van der Waals surface area contributed by atoms with Gasteiger partial charge in [-0.15, -0.1) is 0 Å². The topological polar surface area (TPSA) is 156 Å². The van der Waals surface area contributed by atoms with Gasteiger partial charge in [0, 0.05) is 49.7 Å². The number of aromatic nitrogens is 2. The van der Waals surface area contributed by atoms with Gasteiger partial charge in [0.1, 0.15) is 24.6 Å². The van der Waals surface area contributed by atoms with Crippen LogP contribution in [0.4, 0.5) is 34.4 Å². The van der Waals surface area contributed by atoms with Gasteiger partial charge < -0.3 is 49.5 Å². The molecule has 4 aromatic carbocycles. The number of ether oxygens (including phenoxy) is 2. The maximum absolute atomic E-state index is 14.4. The Balaban J connectivity index is 0.688. The van der Waals surface area contributed by atoms with E-state index in [4.69, 9.17) is 9.47 Å². The highest BCUT2D eigenvalue weighted by molar-refractivity contribution is 6.13. The molecule has 2 aliphatic heterocycles. The minimum Gasteiger partial charge on any atom is -0.496 e. The van der Waals surface area contributed by atoms with E-state index in [1.807, 2.05) is 117 Å². The molecule has 0 bridgehead atoms. The van der Waals surface area contributed by atoms with Crippen molar-refractivity contribution in [3.8, 4) is 11.5 Å². The van der Waals surface area contributed by atoms with Crippen molar-refractivity contribution in [3.05, 3.63) is 156 Å². The lowest BCUT2D eigenvalue weighted by Gasteiger charge is -2.29. The highest BCUT2D eigenvalue weighted by Crippen LogP contribution is 2.38. The molecule has 2 aliphatic rings. The van der Waals surface area contributed by atoms with E-state index in [2.05, 4.69) is 44.5 Å². The summed E-state index contributed by atoms with van der Waals surface area (Å²) in [6, 6.07) is 37.7. The molecule has 0 unspecified atom stereocenters. The van der Waals surface area contributed by atoms with Gasteiger partial charge in [-0.05, 0) is 139 Å². The molecule has 0 fully saturated rings. The van der Waals surface area contributed by atoms with E-state index < -0.39 is 0 Å². The van der Waals surface area contributed by atoms with E-state index in [0.29, 0.717) is 71.7 Å². The first-order valence-electron chi connectivity index (χ1n) is 29.5. The van der Waals surface area contributed by atoms with Gasteiger partial charge >= 0.3 is 0 Å². The molecular weight excluding hydrogens is 1030 g/mol. The normalized spacial score (nSPS) is 12.6. The molecule has 4 amide bonds. The molecule has 8 rings (SSSR count). The lowest BCUT2D eigenvalue weighted by Crippen LogP contribution is -2.39. The predicted octanol–water partition coefficient (Wildman–Crippen LogP) is 12.0. The summed E-state index contributed by atoms with van der Waals surface area (Å²) in [6.45, 7) is 6.50. The zero-order chi connectivity index (χ0) is 57.5. The third kappa shape index (κ3) is 16.9. The van der Waals surface area contributed by atoms with Crippen molar-refractivity contribution in [3.63, 3.8) is 0 Å². The van der Waals surface area contributed by atoms with Crippen molar-refractivity contribution in [1.82, 2.24) is 29.6 Å². The number of pyridine rings is 2. The van der Waals surface area contributed by atoms with Crippen molar-refractivity contribution in [1.29, 1.82) is 0 Å². The summed E-state index contributed by atoms with van der Waals surface area (Å²) in [6.07, 6.45) is 19.1. The Morgan fingerprint density at radius 2 is 0.780 bits per heavy atom. The summed E-state index contributed by atoms with van der Waals surface area (Å²) < 4.78 is 11.4. The summed E-state index contributed by atoms with van der Waals surface area (Å²) in [5.41, 5.74) is 5.35. The maximum atomic E-state index is 14.4. The van der Waals surface area contributed by atoms with Crippen LogP contribution in [0.3, 0.4) is 0 Å². The second-order valence-electron chi connectivity index (χ2n) is 21.7. The fourth-order valence-corrected chi connectivity index (χ4v) is 11.1. The lowest BCUT2D eigenvalue weighted by atomic mass is 10.1. The van der Waals surface area contributed by atoms with Crippen LogP contribution in [0, 0.1) is 0 Å². The molecule has 82 heavy (non-hydrogen) atoms. The Morgan fingerprint density at radius 3 is 1.17 bits per heavy atom. The van der Waals surface area contributed by atoms with Crippen LogP contribution in [0.25, 0.3) is 0 Å². The number of fused-ring (bicyclic) bond motifs is 4. The van der Waals surface area contributed by atoms with Gasteiger partial charge in [-0.2, -0.15) is 0 Å². The average molecular weight is 1110 g/mol. The van der Waals surface area contributed by atoms with E-state index in [1.165, 1.54) is 38.5 Å². The fraction of sp³-hybridized carbons (Fsp3) is 0.424. The van der Waals surface area contributed by atoms with Gasteiger partial charge in [-0.1, -0.05) is 112 Å². The third-order valence-electron chi connectivity index (χ3n) is 15.6. The Labute approximate surface area is 485 Å². The van der Waals surface area contributed by atoms with E-state index in [1.54, 1.807) is 50.9 Å². The van der Waals surface area contributed by atoms with Crippen LogP contribution in [0.2, 0.25) is 0 Å². The van der Waals surface area contributed by atoms with Gasteiger partial charge in [0.05, 0.1) is 48.1 Å². The van der Waals surface area contributed by atoms with Crippen LogP contribution in [0.15, 0.2) is 134 Å². The molecular formula is C66H84N10O6. The number of carbonyl (C=O) groups excluding carboxylic acids is 4. The molecule has 0 aliphatic carbocycles. The van der Waals surface area contributed by atoms with Crippen molar-refractivity contribution >= 4 is 58.0 Å². The number of benzene rings is 4. The largest absolute Gasteiger partial charge is 0.496 e. The number of para-hydroxylation sites is 4. The molecule has 0 atom stereocenters. The SMILES string of the molecule is COc1ccccc1CN(CCCCCCN(C)CCCCCCCCN(C)CCCCCCN(Cc1ccccc1OC)C(=O)CN1c2ccccc2C(=O)Nc2cccnc21)C(=O)CN1c2ccccc2C(=O)Nc2cccnc21. The fourth-order valence-electron chi connectivity index (χ4n) is 11.1. The second-order valence-corrected chi connectivity index (χ2v) is 21.7. The second kappa shape index (κ2) is 31.4. The Bertz CT molecular complexity index is 2830. The molecule has 2 aromatic heterocycles. The number of anilines is 6.